The number of esters is 1. The van der Waals surface area contributed by atoms with E-state index in [0.717, 1.165) is 0 Å². The highest BCUT2D eigenvalue weighted by atomic mass is 16.5. The second-order valence-electron chi connectivity index (χ2n) is 2.76. The highest BCUT2D eigenvalue weighted by Crippen LogP contribution is 2.09. The zero-order valence-electron chi connectivity index (χ0n) is 7.48. The van der Waals surface area contributed by atoms with Gasteiger partial charge >= 0.3 is 5.97 Å². The molecule has 2 rings (SSSR count). The summed E-state index contributed by atoms with van der Waals surface area (Å²) in [6, 6.07) is 0. The van der Waals surface area contributed by atoms with Gasteiger partial charge in [0.1, 0.15) is 0 Å². The number of methoxy groups -OCH3 is 1. The van der Waals surface area contributed by atoms with E-state index in [1.54, 1.807) is 0 Å². The largest absolute Gasteiger partial charge is 0.464 e. The second-order valence-corrected chi connectivity index (χ2v) is 2.76. The van der Waals surface area contributed by atoms with Crippen molar-refractivity contribution in [1.82, 2.24) is 20.3 Å². The fraction of sp³-hybridized carbons (Fsp3) is 0.429. The first kappa shape index (κ1) is 8.67. The monoisotopic (exact) mass is 196 g/mol. The van der Waals surface area contributed by atoms with Crippen molar-refractivity contribution in [3.05, 3.63) is 11.4 Å². The van der Waals surface area contributed by atoms with Gasteiger partial charge in [-0.3, -0.25) is 4.79 Å². The first-order chi connectivity index (χ1) is 6.74. The Morgan fingerprint density at radius 3 is 3.14 bits per heavy atom. The maximum absolute atomic E-state index is 11.4. The molecule has 2 heterocycles. The summed E-state index contributed by atoms with van der Waals surface area (Å²) in [5.41, 5.74) is 0.132. The molecular formula is C7H8N4O3. The van der Waals surface area contributed by atoms with Crippen LogP contribution in [0.15, 0.2) is 0 Å². The predicted molar refractivity (Wildman–Crippen MR) is 43.7 cm³/mol. The summed E-state index contributed by atoms with van der Waals surface area (Å²) >= 11 is 0. The maximum Gasteiger partial charge on any atom is 0.361 e. The van der Waals surface area contributed by atoms with Gasteiger partial charge in [-0.25, -0.2) is 9.48 Å². The molecule has 0 radical (unpaired) electrons. The van der Waals surface area contributed by atoms with E-state index in [1.165, 1.54) is 11.8 Å². The van der Waals surface area contributed by atoms with E-state index in [-0.39, 0.29) is 17.3 Å². The van der Waals surface area contributed by atoms with E-state index in [1.807, 2.05) is 0 Å². The fourth-order valence-electron chi connectivity index (χ4n) is 1.29. The number of fused-ring (bicyclic) bond motifs is 1. The first-order valence-corrected chi connectivity index (χ1v) is 4.04. The molecule has 0 fully saturated rings. The van der Waals surface area contributed by atoms with Crippen LogP contribution in [0.25, 0.3) is 0 Å². The minimum absolute atomic E-state index is 0.0373. The number of carbonyl (C=O) groups excluding carboxylic acids is 2. The minimum atomic E-state index is -0.650. The van der Waals surface area contributed by atoms with Crippen LogP contribution in [0.5, 0.6) is 0 Å². The third kappa shape index (κ3) is 1.13. The normalized spacial score (nSPS) is 14.5. The number of hydrogen-bond donors (Lipinski definition) is 1. The molecule has 0 aromatic carbocycles. The standard InChI is InChI=1S/C7H8N4O3/c1-14-7(13)4-5-6(12)8-2-3-11(5)10-9-4/h2-3H2,1H3,(H,8,12). The lowest BCUT2D eigenvalue weighted by Gasteiger charge is -2.13. The molecule has 0 atom stereocenters. The van der Waals surface area contributed by atoms with Crippen molar-refractivity contribution >= 4 is 11.9 Å². The molecule has 0 saturated carbocycles. The molecule has 1 amide bonds. The molecule has 0 saturated heterocycles. The van der Waals surface area contributed by atoms with Crippen LogP contribution in [0.4, 0.5) is 0 Å². The molecule has 0 aliphatic carbocycles. The Bertz CT molecular complexity index is 398. The quantitative estimate of drug-likeness (QED) is 0.570. The Labute approximate surface area is 79.0 Å². The van der Waals surface area contributed by atoms with Crippen molar-refractivity contribution in [2.45, 2.75) is 6.54 Å². The summed E-state index contributed by atoms with van der Waals surface area (Å²) in [7, 11) is 1.23. The Hall–Kier alpha value is -1.92. The van der Waals surface area contributed by atoms with E-state index in [2.05, 4.69) is 20.4 Å². The van der Waals surface area contributed by atoms with Gasteiger partial charge in [0, 0.05) is 6.54 Å². The lowest BCUT2D eigenvalue weighted by molar-refractivity contribution is 0.0588. The number of rotatable bonds is 1. The van der Waals surface area contributed by atoms with Gasteiger partial charge < -0.3 is 10.1 Å². The summed E-state index contributed by atoms with van der Waals surface area (Å²) in [5.74, 6) is -0.995. The van der Waals surface area contributed by atoms with Crippen LogP contribution in [-0.2, 0) is 11.3 Å². The third-order valence-corrected chi connectivity index (χ3v) is 1.94. The van der Waals surface area contributed by atoms with Crippen molar-refractivity contribution in [2.24, 2.45) is 0 Å². The average molecular weight is 196 g/mol. The van der Waals surface area contributed by atoms with E-state index in [0.29, 0.717) is 13.1 Å². The van der Waals surface area contributed by atoms with Crippen molar-refractivity contribution < 1.29 is 14.3 Å². The van der Waals surface area contributed by atoms with Crippen LogP contribution in [0.1, 0.15) is 21.0 Å². The summed E-state index contributed by atoms with van der Waals surface area (Å²) in [5, 5.41) is 9.87. The zero-order chi connectivity index (χ0) is 10.1. The topological polar surface area (TPSA) is 86.1 Å². The molecule has 0 spiro atoms. The van der Waals surface area contributed by atoms with Gasteiger partial charge in [0.25, 0.3) is 5.91 Å². The number of hydrogen-bond acceptors (Lipinski definition) is 5. The minimum Gasteiger partial charge on any atom is -0.464 e. The third-order valence-electron chi connectivity index (χ3n) is 1.94. The Morgan fingerprint density at radius 1 is 1.64 bits per heavy atom. The van der Waals surface area contributed by atoms with E-state index < -0.39 is 5.97 Å². The molecular weight excluding hydrogens is 188 g/mol. The summed E-state index contributed by atoms with van der Waals surface area (Å²) in [6.07, 6.45) is 0. The van der Waals surface area contributed by atoms with Crippen molar-refractivity contribution in [3.8, 4) is 0 Å². The molecule has 7 heteroatoms. The van der Waals surface area contributed by atoms with Gasteiger partial charge in [-0.15, -0.1) is 5.10 Å². The van der Waals surface area contributed by atoms with Gasteiger partial charge in [0.05, 0.1) is 13.7 Å². The molecule has 1 N–H and O–H groups in total. The number of nitrogens with zero attached hydrogens (tertiary/aromatic N) is 3. The number of amides is 1. The molecule has 1 aromatic heterocycles. The zero-order valence-corrected chi connectivity index (χ0v) is 7.48. The SMILES string of the molecule is COC(=O)c1nnn2c1C(=O)NCC2. The van der Waals surface area contributed by atoms with E-state index in [4.69, 9.17) is 0 Å². The highest BCUT2D eigenvalue weighted by Gasteiger charge is 2.28. The molecule has 14 heavy (non-hydrogen) atoms. The van der Waals surface area contributed by atoms with Crippen LogP contribution in [-0.4, -0.2) is 40.5 Å². The molecule has 0 unspecified atom stereocenters. The first-order valence-electron chi connectivity index (χ1n) is 4.04. The van der Waals surface area contributed by atoms with Crippen LogP contribution in [0.2, 0.25) is 0 Å². The Morgan fingerprint density at radius 2 is 2.43 bits per heavy atom. The van der Waals surface area contributed by atoms with E-state index in [9.17, 15) is 9.59 Å². The highest BCUT2D eigenvalue weighted by molar-refractivity contribution is 6.03. The van der Waals surface area contributed by atoms with Crippen molar-refractivity contribution in [3.63, 3.8) is 0 Å². The van der Waals surface area contributed by atoms with E-state index >= 15 is 0 Å². The number of nitrogens with one attached hydrogen (secondary N) is 1. The summed E-state index contributed by atoms with van der Waals surface area (Å²) < 4.78 is 5.87. The molecule has 1 aliphatic rings. The predicted octanol–water partition coefficient (Wildman–Crippen LogP) is -1.19. The molecule has 0 bridgehead atoms. The van der Waals surface area contributed by atoms with Crippen LogP contribution >= 0.6 is 0 Å². The van der Waals surface area contributed by atoms with Crippen LogP contribution in [0, 0.1) is 0 Å². The Kier molecular flexibility index (Phi) is 1.91. The van der Waals surface area contributed by atoms with Gasteiger partial charge in [-0.2, -0.15) is 0 Å². The summed E-state index contributed by atoms with van der Waals surface area (Å²) in [6.45, 7) is 1.01. The van der Waals surface area contributed by atoms with Gasteiger partial charge in [-0.1, -0.05) is 5.21 Å². The van der Waals surface area contributed by atoms with Crippen molar-refractivity contribution in [1.29, 1.82) is 0 Å². The van der Waals surface area contributed by atoms with Gasteiger partial charge in [-0.05, 0) is 0 Å². The number of carbonyl (C=O) groups is 2. The summed E-state index contributed by atoms with van der Waals surface area (Å²) in [4.78, 5) is 22.5. The lowest BCUT2D eigenvalue weighted by Crippen LogP contribution is -2.36. The molecule has 1 aliphatic heterocycles. The van der Waals surface area contributed by atoms with Crippen molar-refractivity contribution in [2.75, 3.05) is 13.7 Å². The van der Waals surface area contributed by atoms with Crippen LogP contribution < -0.4 is 5.32 Å². The second kappa shape index (κ2) is 3.09. The molecule has 1 aromatic rings. The maximum atomic E-state index is 11.4. The fourth-order valence-corrected chi connectivity index (χ4v) is 1.29. The van der Waals surface area contributed by atoms with Gasteiger partial charge in [0.15, 0.2) is 5.69 Å². The molecule has 7 nitrogen and oxygen atoms in total. The number of ether oxygens (including phenoxy) is 1. The lowest BCUT2D eigenvalue weighted by atomic mass is 10.2. The van der Waals surface area contributed by atoms with Crippen LogP contribution in [0.3, 0.4) is 0 Å². The smallest absolute Gasteiger partial charge is 0.361 e. The molecule has 74 valence electrons. The number of aromatic nitrogens is 3. The van der Waals surface area contributed by atoms with Gasteiger partial charge in [0.2, 0.25) is 5.69 Å². The Balaban J connectivity index is 2.48. The average Bonchev–Trinajstić information content (AvgIpc) is 2.62.